The number of hydrogen-bond acceptors (Lipinski definition) is 5. The van der Waals surface area contributed by atoms with Crippen LogP contribution in [0.3, 0.4) is 0 Å². The fourth-order valence-electron chi connectivity index (χ4n) is 1.65. The lowest BCUT2D eigenvalue weighted by molar-refractivity contribution is -0.384. The van der Waals surface area contributed by atoms with Crippen LogP contribution in [-0.4, -0.2) is 21.9 Å². The van der Waals surface area contributed by atoms with Crippen molar-refractivity contribution < 1.29 is 9.31 Å². The first-order valence-corrected chi connectivity index (χ1v) is 5.48. The van der Waals surface area contributed by atoms with E-state index in [0.29, 0.717) is 0 Å². The first kappa shape index (κ1) is 12.9. The fraction of sp³-hybridized carbons (Fsp3) is 0.167. The van der Waals surface area contributed by atoms with Crippen molar-refractivity contribution in [3.05, 3.63) is 45.9 Å². The van der Waals surface area contributed by atoms with E-state index in [0.717, 1.165) is 11.8 Å². The van der Waals surface area contributed by atoms with E-state index >= 15 is 0 Å². The second kappa shape index (κ2) is 4.97. The number of nitrogens with zero attached hydrogens (tertiary/aromatic N) is 3. The summed E-state index contributed by atoms with van der Waals surface area (Å²) in [7, 11) is 1.58. The summed E-state index contributed by atoms with van der Waals surface area (Å²) in [6.07, 6.45) is 1.07. The molecule has 1 aromatic carbocycles. The highest BCUT2D eigenvalue weighted by molar-refractivity contribution is 5.71. The molecular weight excluding hydrogens is 251 g/mol. The molecule has 0 unspecified atom stereocenters. The summed E-state index contributed by atoms with van der Waals surface area (Å²) in [5, 5.41) is 13.6. The van der Waals surface area contributed by atoms with Crippen molar-refractivity contribution in [2.24, 2.45) is 0 Å². The van der Waals surface area contributed by atoms with E-state index in [1.807, 2.05) is 0 Å². The first-order valence-electron chi connectivity index (χ1n) is 5.48. The van der Waals surface area contributed by atoms with Crippen molar-refractivity contribution in [1.82, 2.24) is 9.97 Å². The minimum Gasteiger partial charge on any atom is -0.357 e. The molecule has 1 heterocycles. The molecule has 98 valence electrons. The van der Waals surface area contributed by atoms with Crippen LogP contribution < -0.4 is 5.32 Å². The summed E-state index contributed by atoms with van der Waals surface area (Å²) >= 11 is 0. The molecule has 1 N–H and O–H groups in total. The molecule has 0 aliphatic heterocycles. The van der Waals surface area contributed by atoms with Crippen LogP contribution in [0.25, 0.3) is 11.3 Å². The molecular formula is C12H11FN4O2. The van der Waals surface area contributed by atoms with Gasteiger partial charge in [-0.15, -0.1) is 0 Å². The van der Waals surface area contributed by atoms with Crippen LogP contribution in [0.15, 0.2) is 24.4 Å². The lowest BCUT2D eigenvalue weighted by Crippen LogP contribution is -2.02. The number of halogens is 1. The molecule has 0 aliphatic carbocycles. The molecule has 0 saturated carbocycles. The highest BCUT2D eigenvalue weighted by Crippen LogP contribution is 2.30. The summed E-state index contributed by atoms with van der Waals surface area (Å²) in [5.74, 6) is -0.365. The molecule has 2 rings (SSSR count). The topological polar surface area (TPSA) is 81.0 Å². The number of nitro groups is 1. The van der Waals surface area contributed by atoms with Gasteiger partial charge in [0.25, 0.3) is 0 Å². The lowest BCUT2D eigenvalue weighted by Gasteiger charge is -2.06. The maximum Gasteiger partial charge on any atom is 0.313 e. The van der Waals surface area contributed by atoms with E-state index in [9.17, 15) is 14.5 Å². The van der Waals surface area contributed by atoms with Crippen LogP contribution >= 0.6 is 0 Å². The second-order valence-electron chi connectivity index (χ2n) is 3.92. The highest BCUT2D eigenvalue weighted by Gasteiger charge is 2.21. The molecule has 0 amide bonds. The minimum absolute atomic E-state index is 0.0365. The Morgan fingerprint density at radius 3 is 2.79 bits per heavy atom. The summed E-state index contributed by atoms with van der Waals surface area (Å²) in [6.45, 7) is 1.77. The smallest absolute Gasteiger partial charge is 0.313 e. The molecule has 6 nitrogen and oxygen atoms in total. The Bertz CT molecular complexity index is 646. The molecule has 0 spiro atoms. The quantitative estimate of drug-likeness (QED) is 0.679. The number of hydrogen-bond donors (Lipinski definition) is 1. The predicted octanol–water partition coefficient (Wildman–Crippen LogP) is 2.54. The van der Waals surface area contributed by atoms with Gasteiger partial charge < -0.3 is 5.32 Å². The van der Waals surface area contributed by atoms with Crippen LogP contribution in [0.4, 0.5) is 16.0 Å². The van der Waals surface area contributed by atoms with Crippen molar-refractivity contribution in [2.75, 3.05) is 12.4 Å². The van der Waals surface area contributed by atoms with Gasteiger partial charge in [-0.25, -0.2) is 14.4 Å². The molecule has 0 fully saturated rings. The summed E-state index contributed by atoms with van der Waals surface area (Å²) in [4.78, 5) is 18.1. The van der Waals surface area contributed by atoms with Crippen LogP contribution in [0.1, 0.15) is 5.56 Å². The van der Waals surface area contributed by atoms with Crippen LogP contribution in [0.5, 0.6) is 0 Å². The Balaban J connectivity index is 2.71. The van der Waals surface area contributed by atoms with Gasteiger partial charge in [-0.05, 0) is 19.1 Å². The molecule has 19 heavy (non-hydrogen) atoms. The number of nitrogens with one attached hydrogen (secondary N) is 1. The maximum absolute atomic E-state index is 13.8. The Labute approximate surface area is 108 Å². The zero-order valence-corrected chi connectivity index (χ0v) is 10.3. The van der Waals surface area contributed by atoms with E-state index in [1.165, 1.54) is 12.1 Å². The van der Waals surface area contributed by atoms with Crippen molar-refractivity contribution in [3.8, 4) is 11.3 Å². The molecule has 7 heteroatoms. The summed E-state index contributed by atoms with van der Waals surface area (Å²) < 4.78 is 13.8. The van der Waals surface area contributed by atoms with Gasteiger partial charge in [0.1, 0.15) is 12.0 Å². The average Bonchev–Trinajstić information content (AvgIpc) is 2.40. The number of benzene rings is 1. The maximum atomic E-state index is 13.8. The molecule has 0 aliphatic rings. The van der Waals surface area contributed by atoms with Gasteiger partial charge in [0.2, 0.25) is 5.95 Å². The molecule has 0 bridgehead atoms. The minimum atomic E-state index is -0.628. The Morgan fingerprint density at radius 1 is 1.42 bits per heavy atom. The Hall–Kier alpha value is -2.57. The molecule has 1 aromatic heterocycles. The van der Waals surface area contributed by atoms with Crippen LogP contribution in [-0.2, 0) is 0 Å². The Kier molecular flexibility index (Phi) is 3.37. The molecule has 0 saturated heterocycles. The standard InChI is InChI=1S/C12H11FN4O2/c1-7-3-4-9(13)8(5-7)11-10(17(18)19)6-15-12(14-2)16-11/h3-6H,1-2H3,(H,14,15,16). The van der Waals surface area contributed by atoms with E-state index in [-0.39, 0.29) is 22.9 Å². The van der Waals surface area contributed by atoms with Gasteiger partial charge in [0, 0.05) is 12.6 Å². The second-order valence-corrected chi connectivity index (χ2v) is 3.92. The first-order chi connectivity index (χ1) is 9.02. The Morgan fingerprint density at radius 2 is 2.16 bits per heavy atom. The lowest BCUT2D eigenvalue weighted by atomic mass is 10.1. The van der Waals surface area contributed by atoms with Crippen molar-refractivity contribution >= 4 is 11.6 Å². The predicted molar refractivity (Wildman–Crippen MR) is 68.4 cm³/mol. The third kappa shape index (κ3) is 2.49. The van der Waals surface area contributed by atoms with Gasteiger partial charge >= 0.3 is 5.69 Å². The van der Waals surface area contributed by atoms with E-state index in [4.69, 9.17) is 0 Å². The third-order valence-electron chi connectivity index (χ3n) is 2.57. The van der Waals surface area contributed by atoms with Gasteiger partial charge in [-0.2, -0.15) is 0 Å². The normalized spacial score (nSPS) is 10.3. The number of aryl methyl sites for hydroxylation is 1. The van der Waals surface area contributed by atoms with E-state index in [2.05, 4.69) is 15.3 Å². The molecule has 0 radical (unpaired) electrons. The number of rotatable bonds is 3. The zero-order valence-electron chi connectivity index (χ0n) is 10.3. The fourth-order valence-corrected chi connectivity index (χ4v) is 1.65. The highest BCUT2D eigenvalue weighted by atomic mass is 19.1. The van der Waals surface area contributed by atoms with E-state index in [1.54, 1.807) is 20.0 Å². The van der Waals surface area contributed by atoms with Gasteiger partial charge in [-0.3, -0.25) is 10.1 Å². The third-order valence-corrected chi connectivity index (χ3v) is 2.57. The summed E-state index contributed by atoms with van der Waals surface area (Å²) in [5.41, 5.74) is 0.509. The van der Waals surface area contributed by atoms with Crippen LogP contribution in [0, 0.1) is 22.9 Å². The SMILES string of the molecule is CNc1ncc([N+](=O)[O-])c(-c2cc(C)ccc2F)n1. The summed E-state index contributed by atoms with van der Waals surface area (Å²) in [6, 6.07) is 4.37. The van der Waals surface area contributed by atoms with Crippen molar-refractivity contribution in [1.29, 1.82) is 0 Å². The van der Waals surface area contributed by atoms with Gasteiger partial charge in [0.05, 0.1) is 4.92 Å². The van der Waals surface area contributed by atoms with Crippen LogP contribution in [0.2, 0.25) is 0 Å². The van der Waals surface area contributed by atoms with Crippen molar-refractivity contribution in [2.45, 2.75) is 6.92 Å². The monoisotopic (exact) mass is 262 g/mol. The molecule has 2 aromatic rings. The molecule has 0 atom stereocenters. The number of anilines is 1. The largest absolute Gasteiger partial charge is 0.357 e. The zero-order chi connectivity index (χ0) is 14.0. The van der Waals surface area contributed by atoms with E-state index < -0.39 is 10.7 Å². The van der Waals surface area contributed by atoms with Crippen molar-refractivity contribution in [3.63, 3.8) is 0 Å². The van der Waals surface area contributed by atoms with Gasteiger partial charge in [0.15, 0.2) is 5.69 Å². The average molecular weight is 262 g/mol. The van der Waals surface area contributed by atoms with Gasteiger partial charge in [-0.1, -0.05) is 11.6 Å². The number of aromatic nitrogens is 2.